The van der Waals surface area contributed by atoms with E-state index in [1.54, 1.807) is 12.1 Å². The van der Waals surface area contributed by atoms with Gasteiger partial charge >= 0.3 is 0 Å². The molecule has 74 valence electrons. The van der Waals surface area contributed by atoms with Crippen LogP contribution < -0.4 is 5.32 Å². The molecule has 0 spiro atoms. The third-order valence-electron chi connectivity index (χ3n) is 1.92. The number of carbonyl (C=O) groups is 1. The van der Waals surface area contributed by atoms with Crippen molar-refractivity contribution in [3.8, 4) is 0 Å². The highest BCUT2D eigenvalue weighted by molar-refractivity contribution is 7.18. The van der Waals surface area contributed by atoms with Crippen LogP contribution in [-0.2, 0) is 0 Å². The first kappa shape index (κ1) is 9.68. The van der Waals surface area contributed by atoms with Crippen molar-refractivity contribution < 1.29 is 4.79 Å². The predicted octanol–water partition coefficient (Wildman–Crippen LogP) is 1.98. The molecule has 1 aliphatic rings. The molecular weight excluding hydrogens is 220 g/mol. The molecule has 1 aromatic heterocycles. The van der Waals surface area contributed by atoms with E-state index in [-0.39, 0.29) is 5.78 Å². The lowest BCUT2D eigenvalue weighted by atomic mass is 10.2. The Balaban J connectivity index is 2.02. The molecule has 0 bridgehead atoms. The zero-order chi connectivity index (χ0) is 9.97. The summed E-state index contributed by atoms with van der Waals surface area (Å²) in [6.07, 6.45) is 0.358. The Hall–Kier alpha value is -0.870. The van der Waals surface area contributed by atoms with E-state index in [4.69, 9.17) is 11.6 Å². The average Bonchev–Trinajstić information content (AvgIpc) is 2.75. The van der Waals surface area contributed by atoms with E-state index < -0.39 is 0 Å². The minimum atomic E-state index is 0.0788. The minimum Gasteiger partial charge on any atom is -0.372 e. The summed E-state index contributed by atoms with van der Waals surface area (Å²) in [4.78, 5) is 16.5. The fourth-order valence-corrected chi connectivity index (χ4v) is 2.25. The predicted molar refractivity (Wildman–Crippen MR) is 58.6 cm³/mol. The quantitative estimate of drug-likeness (QED) is 0.804. The molecule has 0 unspecified atom stereocenters. The lowest BCUT2D eigenvalue weighted by molar-refractivity contribution is 0.100. The van der Waals surface area contributed by atoms with Crippen LogP contribution in [0.25, 0.3) is 0 Å². The van der Waals surface area contributed by atoms with E-state index in [0.717, 1.165) is 18.9 Å². The average molecular weight is 229 g/mol. The van der Waals surface area contributed by atoms with E-state index in [0.29, 0.717) is 15.6 Å². The normalized spacial score (nSPS) is 15.1. The Kier molecular flexibility index (Phi) is 2.84. The molecule has 3 nitrogen and oxygen atoms in total. The Morgan fingerprint density at radius 1 is 1.64 bits per heavy atom. The van der Waals surface area contributed by atoms with Gasteiger partial charge < -0.3 is 5.32 Å². The van der Waals surface area contributed by atoms with Crippen molar-refractivity contribution in [1.82, 2.24) is 5.32 Å². The van der Waals surface area contributed by atoms with Crippen molar-refractivity contribution in [2.45, 2.75) is 6.42 Å². The van der Waals surface area contributed by atoms with Crippen molar-refractivity contribution in [1.29, 1.82) is 0 Å². The summed E-state index contributed by atoms with van der Waals surface area (Å²) < 4.78 is 0.648. The van der Waals surface area contributed by atoms with Gasteiger partial charge in [0.05, 0.1) is 22.2 Å². The summed E-state index contributed by atoms with van der Waals surface area (Å²) in [5, 5.41) is 3.06. The molecule has 0 atom stereocenters. The Morgan fingerprint density at radius 2 is 2.50 bits per heavy atom. The van der Waals surface area contributed by atoms with E-state index in [2.05, 4.69) is 10.3 Å². The van der Waals surface area contributed by atoms with Crippen LogP contribution in [0, 0.1) is 0 Å². The number of rotatable bonds is 3. The molecule has 5 heteroatoms. The third kappa shape index (κ3) is 2.13. The van der Waals surface area contributed by atoms with Gasteiger partial charge in [0, 0.05) is 6.54 Å². The van der Waals surface area contributed by atoms with Crippen molar-refractivity contribution in [2.24, 2.45) is 4.99 Å². The fraction of sp³-hybridized carbons (Fsp3) is 0.333. The Labute approximate surface area is 90.8 Å². The lowest BCUT2D eigenvalue weighted by Gasteiger charge is -1.98. The molecular formula is C9H9ClN2OS. The number of carbonyl (C=O) groups excluding carboxylic acids is 1. The van der Waals surface area contributed by atoms with Gasteiger partial charge in [0.2, 0.25) is 0 Å². The maximum Gasteiger partial charge on any atom is 0.180 e. The molecule has 0 fully saturated rings. The zero-order valence-corrected chi connectivity index (χ0v) is 8.99. The molecule has 0 saturated carbocycles. The topological polar surface area (TPSA) is 41.5 Å². The summed E-state index contributed by atoms with van der Waals surface area (Å²) in [5.74, 6) is 0.870. The highest BCUT2D eigenvalue weighted by atomic mass is 35.5. The number of nitrogens with one attached hydrogen (secondary N) is 1. The van der Waals surface area contributed by atoms with Crippen LogP contribution in [0.3, 0.4) is 0 Å². The number of thiophene rings is 1. The van der Waals surface area contributed by atoms with E-state index in [9.17, 15) is 4.79 Å². The van der Waals surface area contributed by atoms with Gasteiger partial charge in [-0.1, -0.05) is 11.6 Å². The molecule has 0 aromatic carbocycles. The first-order valence-electron chi connectivity index (χ1n) is 4.31. The second kappa shape index (κ2) is 4.11. The van der Waals surface area contributed by atoms with Gasteiger partial charge in [-0.3, -0.25) is 9.79 Å². The Bertz CT molecular complexity index is 386. The van der Waals surface area contributed by atoms with Crippen LogP contribution in [0.15, 0.2) is 17.1 Å². The first-order chi connectivity index (χ1) is 6.75. The standard InChI is InChI=1S/C9H9ClN2OS/c10-8-2-1-7(14-8)6(13)5-9-11-3-4-12-9/h1-2H,3-5H2,(H,11,12). The SMILES string of the molecule is O=C(CC1=NCCN1)c1ccc(Cl)s1. The molecule has 0 radical (unpaired) electrons. The fourth-order valence-electron chi connectivity index (χ4n) is 1.27. The van der Waals surface area contributed by atoms with Crippen molar-refractivity contribution in [3.63, 3.8) is 0 Å². The molecule has 1 aromatic rings. The summed E-state index contributed by atoms with van der Waals surface area (Å²) >= 11 is 7.05. The van der Waals surface area contributed by atoms with Gasteiger partial charge in [-0.25, -0.2) is 0 Å². The summed E-state index contributed by atoms with van der Waals surface area (Å²) in [5.41, 5.74) is 0. The van der Waals surface area contributed by atoms with Gasteiger partial charge in [-0.05, 0) is 12.1 Å². The summed E-state index contributed by atoms with van der Waals surface area (Å²) in [6.45, 7) is 1.61. The van der Waals surface area contributed by atoms with Gasteiger partial charge in [0.1, 0.15) is 5.84 Å². The largest absolute Gasteiger partial charge is 0.372 e. The van der Waals surface area contributed by atoms with E-state index >= 15 is 0 Å². The van der Waals surface area contributed by atoms with Gasteiger partial charge in [0.15, 0.2) is 5.78 Å². The van der Waals surface area contributed by atoms with Crippen LogP contribution in [0.2, 0.25) is 4.34 Å². The molecule has 0 amide bonds. The third-order valence-corrected chi connectivity index (χ3v) is 3.19. The number of hydrogen-bond acceptors (Lipinski definition) is 4. The second-order valence-corrected chi connectivity index (χ2v) is 4.67. The summed E-state index contributed by atoms with van der Waals surface area (Å²) in [7, 11) is 0. The molecule has 2 heterocycles. The highest BCUT2D eigenvalue weighted by Gasteiger charge is 2.13. The molecule has 2 rings (SSSR count). The van der Waals surface area contributed by atoms with Crippen molar-refractivity contribution >= 4 is 34.6 Å². The number of Topliss-reactive ketones (excluding diaryl/α,β-unsaturated/α-hetero) is 1. The number of hydrogen-bond donors (Lipinski definition) is 1. The van der Waals surface area contributed by atoms with Crippen LogP contribution in [0.4, 0.5) is 0 Å². The zero-order valence-electron chi connectivity index (χ0n) is 7.42. The molecule has 0 saturated heterocycles. The molecule has 0 aliphatic carbocycles. The first-order valence-corrected chi connectivity index (χ1v) is 5.51. The summed E-state index contributed by atoms with van der Waals surface area (Å²) in [6, 6.07) is 3.49. The van der Waals surface area contributed by atoms with Gasteiger partial charge in [-0.15, -0.1) is 11.3 Å². The number of nitrogens with zero attached hydrogens (tertiary/aromatic N) is 1. The van der Waals surface area contributed by atoms with Crippen molar-refractivity contribution in [3.05, 3.63) is 21.3 Å². The number of halogens is 1. The maximum atomic E-state index is 11.6. The minimum absolute atomic E-state index is 0.0788. The monoisotopic (exact) mass is 228 g/mol. The number of ketones is 1. The van der Waals surface area contributed by atoms with E-state index in [1.165, 1.54) is 11.3 Å². The molecule has 1 N–H and O–H groups in total. The lowest BCUT2D eigenvalue weighted by Crippen LogP contribution is -2.21. The van der Waals surface area contributed by atoms with Gasteiger partial charge in [-0.2, -0.15) is 0 Å². The van der Waals surface area contributed by atoms with E-state index in [1.807, 2.05) is 0 Å². The number of amidine groups is 1. The molecule has 14 heavy (non-hydrogen) atoms. The van der Waals surface area contributed by atoms with Crippen molar-refractivity contribution in [2.75, 3.05) is 13.1 Å². The van der Waals surface area contributed by atoms with Crippen LogP contribution in [-0.4, -0.2) is 24.7 Å². The Morgan fingerprint density at radius 3 is 3.07 bits per heavy atom. The molecule has 1 aliphatic heterocycles. The van der Waals surface area contributed by atoms with Crippen LogP contribution >= 0.6 is 22.9 Å². The second-order valence-electron chi connectivity index (χ2n) is 2.96. The van der Waals surface area contributed by atoms with Gasteiger partial charge in [0.25, 0.3) is 0 Å². The smallest absolute Gasteiger partial charge is 0.180 e. The van der Waals surface area contributed by atoms with Crippen LogP contribution in [0.1, 0.15) is 16.1 Å². The van der Waals surface area contributed by atoms with Crippen LogP contribution in [0.5, 0.6) is 0 Å². The maximum absolute atomic E-state index is 11.6. The number of aliphatic imine (C=N–C) groups is 1. The highest BCUT2D eigenvalue weighted by Crippen LogP contribution is 2.22.